The van der Waals surface area contributed by atoms with Gasteiger partial charge in [-0.15, -0.1) is 0 Å². The van der Waals surface area contributed by atoms with Crippen LogP contribution in [0.5, 0.6) is 5.75 Å². The van der Waals surface area contributed by atoms with Gasteiger partial charge in [-0.1, -0.05) is 18.2 Å². The highest BCUT2D eigenvalue weighted by Gasteiger charge is 2.51. The van der Waals surface area contributed by atoms with Crippen molar-refractivity contribution in [2.45, 2.75) is 5.25 Å². The number of methoxy groups -OCH3 is 1. The van der Waals surface area contributed by atoms with Gasteiger partial charge in [-0.3, -0.25) is 4.79 Å². The minimum absolute atomic E-state index is 0.301. The molecule has 5 nitrogen and oxygen atoms in total. The zero-order chi connectivity index (χ0) is 12.6. The summed E-state index contributed by atoms with van der Waals surface area (Å²) < 4.78 is 28.4. The minimum Gasteiger partial charge on any atom is -0.496 e. The van der Waals surface area contributed by atoms with Crippen LogP contribution in [0.2, 0.25) is 0 Å². The zero-order valence-corrected chi connectivity index (χ0v) is 9.98. The molecule has 1 aromatic rings. The Hall–Kier alpha value is -1.56. The van der Waals surface area contributed by atoms with E-state index in [0.717, 1.165) is 0 Å². The maximum absolute atomic E-state index is 11.7. The molecule has 0 aliphatic carbocycles. The lowest BCUT2D eigenvalue weighted by Crippen LogP contribution is -2.44. The zero-order valence-electron chi connectivity index (χ0n) is 9.16. The van der Waals surface area contributed by atoms with Crippen LogP contribution in [-0.4, -0.2) is 32.4 Å². The molecule has 0 aromatic heterocycles. The first kappa shape index (κ1) is 11.9. The number of rotatable bonds is 3. The highest BCUT2D eigenvalue weighted by atomic mass is 32.2. The lowest BCUT2D eigenvalue weighted by Gasteiger charge is -2.34. The Labute approximate surface area is 98.9 Å². The molecule has 2 unspecified atom stereocenters. The number of carboxylic acids is 1. The summed E-state index contributed by atoms with van der Waals surface area (Å²) in [4.78, 5) is 10.9. The fourth-order valence-corrected chi connectivity index (χ4v) is 4.06. The van der Waals surface area contributed by atoms with Crippen molar-refractivity contribution < 1.29 is 23.1 Å². The smallest absolute Gasteiger partial charge is 0.309 e. The number of para-hydroxylation sites is 1. The molecule has 92 valence electrons. The van der Waals surface area contributed by atoms with Crippen LogP contribution in [0.15, 0.2) is 24.3 Å². The molecule has 1 N–H and O–H groups in total. The molecular formula is C11H12O5S. The number of sulfone groups is 1. The number of ether oxygens (including phenoxy) is 1. The van der Waals surface area contributed by atoms with E-state index >= 15 is 0 Å². The van der Waals surface area contributed by atoms with Crippen molar-refractivity contribution in [2.24, 2.45) is 5.92 Å². The van der Waals surface area contributed by atoms with Crippen LogP contribution >= 0.6 is 0 Å². The molecule has 1 heterocycles. The average Bonchev–Trinajstić information content (AvgIpc) is 2.27. The summed E-state index contributed by atoms with van der Waals surface area (Å²) in [5, 5.41) is 7.97. The van der Waals surface area contributed by atoms with Crippen molar-refractivity contribution in [3.8, 4) is 5.75 Å². The molecular weight excluding hydrogens is 244 g/mol. The van der Waals surface area contributed by atoms with E-state index in [1.165, 1.54) is 7.11 Å². The molecule has 0 radical (unpaired) electrons. The summed E-state index contributed by atoms with van der Waals surface area (Å²) in [6.07, 6.45) is 0. The first-order valence-electron chi connectivity index (χ1n) is 5.04. The topological polar surface area (TPSA) is 80.7 Å². The van der Waals surface area contributed by atoms with Crippen LogP contribution in [-0.2, 0) is 14.6 Å². The van der Waals surface area contributed by atoms with Crippen LogP contribution in [0.3, 0.4) is 0 Å². The average molecular weight is 256 g/mol. The lowest BCUT2D eigenvalue weighted by molar-refractivity contribution is -0.141. The Bertz CT molecular complexity index is 549. The van der Waals surface area contributed by atoms with Crippen molar-refractivity contribution in [2.75, 3.05) is 12.9 Å². The van der Waals surface area contributed by atoms with Gasteiger partial charge in [-0.25, -0.2) is 8.42 Å². The van der Waals surface area contributed by atoms with Crippen molar-refractivity contribution >= 4 is 15.8 Å². The molecule has 0 bridgehead atoms. The number of hydrogen-bond donors (Lipinski definition) is 1. The van der Waals surface area contributed by atoms with E-state index in [1.807, 2.05) is 0 Å². The fourth-order valence-electron chi connectivity index (χ4n) is 2.08. The maximum Gasteiger partial charge on any atom is 0.309 e. The van der Waals surface area contributed by atoms with Gasteiger partial charge in [0.1, 0.15) is 11.0 Å². The quantitative estimate of drug-likeness (QED) is 0.867. The van der Waals surface area contributed by atoms with Crippen molar-refractivity contribution in [1.29, 1.82) is 0 Å². The second-order valence-corrected chi connectivity index (χ2v) is 6.10. The van der Waals surface area contributed by atoms with Crippen molar-refractivity contribution in [3.63, 3.8) is 0 Å². The summed E-state index contributed by atoms with van der Waals surface area (Å²) in [6, 6.07) is 6.60. The molecule has 2 atom stereocenters. The third-order valence-corrected chi connectivity index (χ3v) is 5.11. The van der Waals surface area contributed by atoms with E-state index in [4.69, 9.17) is 9.84 Å². The molecule has 1 aliphatic heterocycles. The van der Waals surface area contributed by atoms with Gasteiger partial charge in [-0.2, -0.15) is 0 Å². The van der Waals surface area contributed by atoms with E-state index in [2.05, 4.69) is 0 Å². The Kier molecular flexibility index (Phi) is 2.82. The van der Waals surface area contributed by atoms with Crippen molar-refractivity contribution in [3.05, 3.63) is 29.8 Å². The second kappa shape index (κ2) is 4.03. The summed E-state index contributed by atoms with van der Waals surface area (Å²) in [7, 11) is -1.93. The first-order valence-corrected chi connectivity index (χ1v) is 6.76. The highest BCUT2D eigenvalue weighted by Crippen LogP contribution is 2.45. The highest BCUT2D eigenvalue weighted by molar-refractivity contribution is 7.93. The van der Waals surface area contributed by atoms with Crippen molar-refractivity contribution in [1.82, 2.24) is 0 Å². The maximum atomic E-state index is 11.7. The standard InChI is InChI=1S/C11H12O5S/c1-16-9-5-3-2-4-7(9)10-8(11(12)13)6-17(10,14)15/h2-5,8,10H,6H2,1H3,(H,12,13). The third kappa shape index (κ3) is 1.88. The van der Waals surface area contributed by atoms with E-state index in [9.17, 15) is 13.2 Å². The number of hydrogen-bond acceptors (Lipinski definition) is 4. The molecule has 1 aliphatic rings. The molecule has 1 saturated heterocycles. The number of aliphatic carboxylic acids is 1. The van der Waals surface area contributed by atoms with Gasteiger partial charge in [0.05, 0.1) is 18.8 Å². The van der Waals surface area contributed by atoms with Gasteiger partial charge in [-0.05, 0) is 6.07 Å². The Morgan fingerprint density at radius 3 is 2.59 bits per heavy atom. The monoisotopic (exact) mass is 256 g/mol. The van der Waals surface area contributed by atoms with Crippen LogP contribution in [0.1, 0.15) is 10.8 Å². The predicted octanol–water partition coefficient (Wildman–Crippen LogP) is 0.865. The van der Waals surface area contributed by atoms with Gasteiger partial charge in [0.15, 0.2) is 9.84 Å². The van der Waals surface area contributed by atoms with E-state index in [-0.39, 0.29) is 5.75 Å². The van der Waals surface area contributed by atoms with Crippen LogP contribution in [0.25, 0.3) is 0 Å². The molecule has 1 fully saturated rings. The Balaban J connectivity index is 2.47. The Morgan fingerprint density at radius 2 is 2.06 bits per heavy atom. The summed E-state index contributed by atoms with van der Waals surface area (Å²) in [5.41, 5.74) is 0.425. The molecule has 0 amide bonds. The van der Waals surface area contributed by atoms with Gasteiger partial charge >= 0.3 is 5.97 Å². The summed E-state index contributed by atoms with van der Waals surface area (Å²) >= 11 is 0. The fraction of sp³-hybridized carbons (Fsp3) is 0.364. The van der Waals surface area contributed by atoms with E-state index in [1.54, 1.807) is 24.3 Å². The minimum atomic E-state index is -3.36. The van der Waals surface area contributed by atoms with Crippen LogP contribution in [0.4, 0.5) is 0 Å². The van der Waals surface area contributed by atoms with E-state index < -0.39 is 27.0 Å². The molecule has 0 saturated carbocycles. The molecule has 2 rings (SSSR count). The van der Waals surface area contributed by atoms with Crippen LogP contribution < -0.4 is 4.74 Å². The molecule has 17 heavy (non-hydrogen) atoms. The second-order valence-electron chi connectivity index (χ2n) is 3.94. The normalized spacial score (nSPS) is 25.9. The number of carbonyl (C=O) groups is 1. The SMILES string of the molecule is COc1ccccc1C1C(C(=O)O)CS1(=O)=O. The molecule has 6 heteroatoms. The first-order chi connectivity index (χ1) is 7.97. The van der Waals surface area contributed by atoms with Gasteiger partial charge in [0.25, 0.3) is 0 Å². The van der Waals surface area contributed by atoms with Gasteiger partial charge in [0.2, 0.25) is 0 Å². The molecule has 1 aromatic carbocycles. The summed E-state index contributed by atoms with van der Waals surface area (Å²) in [6.45, 7) is 0. The largest absolute Gasteiger partial charge is 0.496 e. The van der Waals surface area contributed by atoms with Gasteiger partial charge < -0.3 is 9.84 Å². The summed E-state index contributed by atoms with van der Waals surface area (Å²) in [5.74, 6) is -1.86. The number of carboxylic acid groups (broad SMARTS) is 1. The van der Waals surface area contributed by atoms with Gasteiger partial charge in [0, 0.05) is 5.56 Å². The predicted molar refractivity (Wildman–Crippen MR) is 60.6 cm³/mol. The molecule has 0 spiro atoms. The third-order valence-electron chi connectivity index (χ3n) is 2.93. The lowest BCUT2D eigenvalue weighted by atomic mass is 9.98. The number of benzene rings is 1. The van der Waals surface area contributed by atoms with Crippen LogP contribution in [0, 0.1) is 5.92 Å². The van der Waals surface area contributed by atoms with E-state index in [0.29, 0.717) is 11.3 Å². The Morgan fingerprint density at radius 1 is 1.41 bits per heavy atom.